The summed E-state index contributed by atoms with van der Waals surface area (Å²) in [5.74, 6) is 0.697. The van der Waals surface area contributed by atoms with Crippen molar-refractivity contribution in [2.45, 2.75) is 13.0 Å². The zero-order valence-corrected chi connectivity index (χ0v) is 12.4. The molecule has 0 aliphatic rings. The Kier molecular flexibility index (Phi) is 4.67. The molecule has 0 bridgehead atoms. The van der Waals surface area contributed by atoms with Crippen molar-refractivity contribution in [1.82, 2.24) is 0 Å². The van der Waals surface area contributed by atoms with Crippen LogP contribution in [0.3, 0.4) is 0 Å². The smallest absolute Gasteiger partial charge is 0.288 e. The normalized spacial score (nSPS) is 12.0. The van der Waals surface area contributed by atoms with Gasteiger partial charge in [-0.05, 0) is 30.7 Å². The highest BCUT2D eigenvalue weighted by Crippen LogP contribution is 2.34. The van der Waals surface area contributed by atoms with Gasteiger partial charge in [-0.25, -0.2) is 0 Å². The van der Waals surface area contributed by atoms with Gasteiger partial charge in [0.1, 0.15) is 16.5 Å². The molecule has 0 saturated carbocycles. The number of benzene rings is 2. The highest BCUT2D eigenvalue weighted by Gasteiger charge is 2.14. The Morgan fingerprint density at radius 1 is 1.19 bits per heavy atom. The number of hydrogen-bond acceptors (Lipinski definition) is 4. The molecule has 7 heteroatoms. The summed E-state index contributed by atoms with van der Waals surface area (Å²) < 4.78 is 5.54. The number of hydrogen-bond donors (Lipinski definition) is 1. The van der Waals surface area contributed by atoms with Crippen LogP contribution in [-0.4, -0.2) is 10.0 Å². The molecule has 0 radical (unpaired) electrons. The maximum Gasteiger partial charge on any atom is 0.288 e. The fraction of sp³-hybridized carbons (Fsp3) is 0.143. The number of nitro benzene ring substituents is 1. The zero-order chi connectivity index (χ0) is 15.6. The Morgan fingerprint density at radius 3 is 2.43 bits per heavy atom. The molecule has 0 aromatic heterocycles. The van der Waals surface area contributed by atoms with E-state index in [1.54, 1.807) is 25.1 Å². The van der Waals surface area contributed by atoms with Crippen molar-refractivity contribution in [3.8, 4) is 11.5 Å². The second kappa shape index (κ2) is 6.30. The van der Waals surface area contributed by atoms with Crippen LogP contribution in [0.5, 0.6) is 11.5 Å². The summed E-state index contributed by atoms with van der Waals surface area (Å²) in [4.78, 5) is 10.1. The van der Waals surface area contributed by atoms with E-state index in [0.717, 1.165) is 0 Å². The molecule has 5 nitrogen and oxygen atoms in total. The van der Waals surface area contributed by atoms with Crippen molar-refractivity contribution in [1.29, 1.82) is 0 Å². The lowest BCUT2D eigenvalue weighted by molar-refractivity contribution is -0.384. The number of nitrogens with zero attached hydrogens (tertiary/aromatic N) is 1. The van der Waals surface area contributed by atoms with Crippen molar-refractivity contribution in [3.05, 3.63) is 62.1 Å². The largest absolute Gasteiger partial charge is 0.456 e. The summed E-state index contributed by atoms with van der Waals surface area (Å²) in [6.45, 7) is 1.63. The van der Waals surface area contributed by atoms with Gasteiger partial charge in [0, 0.05) is 12.1 Å². The summed E-state index contributed by atoms with van der Waals surface area (Å²) in [7, 11) is 0. The number of rotatable bonds is 4. The van der Waals surface area contributed by atoms with E-state index >= 15 is 0 Å². The minimum atomic E-state index is -0.634. The molecule has 2 aromatic carbocycles. The molecule has 1 atom stereocenters. The monoisotopic (exact) mass is 327 g/mol. The van der Waals surface area contributed by atoms with Crippen LogP contribution >= 0.6 is 23.2 Å². The van der Waals surface area contributed by atoms with Crippen LogP contribution in [0.2, 0.25) is 10.0 Å². The highest BCUT2D eigenvalue weighted by molar-refractivity contribution is 6.33. The predicted molar refractivity (Wildman–Crippen MR) is 80.3 cm³/mol. The van der Waals surface area contributed by atoms with E-state index in [2.05, 4.69) is 0 Å². The van der Waals surface area contributed by atoms with Crippen LogP contribution in [0.1, 0.15) is 18.6 Å². The Bertz CT molecular complexity index is 689. The first-order chi connectivity index (χ1) is 9.88. The summed E-state index contributed by atoms with van der Waals surface area (Å²) in [5.41, 5.74) is 0.466. The number of nitro groups is 1. The maximum atomic E-state index is 10.7. The van der Waals surface area contributed by atoms with Gasteiger partial charge < -0.3 is 9.84 Å². The van der Waals surface area contributed by atoms with Gasteiger partial charge in [-0.15, -0.1) is 0 Å². The predicted octanol–water partition coefficient (Wildman–Crippen LogP) is 4.75. The Morgan fingerprint density at radius 2 is 1.90 bits per heavy atom. The first-order valence-electron chi connectivity index (χ1n) is 5.98. The maximum absolute atomic E-state index is 10.7. The van der Waals surface area contributed by atoms with Crippen molar-refractivity contribution in [2.75, 3.05) is 0 Å². The molecule has 0 spiro atoms. The molecule has 21 heavy (non-hydrogen) atoms. The summed E-state index contributed by atoms with van der Waals surface area (Å²) >= 11 is 11.9. The van der Waals surface area contributed by atoms with Crippen LogP contribution in [0, 0.1) is 10.1 Å². The van der Waals surface area contributed by atoms with Crippen LogP contribution in [0.15, 0.2) is 36.4 Å². The van der Waals surface area contributed by atoms with Gasteiger partial charge >= 0.3 is 0 Å². The van der Waals surface area contributed by atoms with Crippen molar-refractivity contribution >= 4 is 28.9 Å². The second-order valence-corrected chi connectivity index (χ2v) is 5.15. The standard InChI is InChI=1S/C14H11Cl2NO4/c1-8(18)9-2-5-14(12(16)6-9)21-10-3-4-13(17(19)20)11(15)7-10/h2-8,18H,1H3/t8-/m0/s1. The third-order valence-electron chi connectivity index (χ3n) is 2.78. The van der Waals surface area contributed by atoms with Gasteiger partial charge in [0.2, 0.25) is 0 Å². The van der Waals surface area contributed by atoms with Gasteiger partial charge in [0.25, 0.3) is 5.69 Å². The van der Waals surface area contributed by atoms with E-state index in [9.17, 15) is 15.2 Å². The second-order valence-electron chi connectivity index (χ2n) is 4.34. The molecular weight excluding hydrogens is 317 g/mol. The summed E-state index contributed by atoms with van der Waals surface area (Å²) in [5, 5.41) is 20.5. The highest BCUT2D eigenvalue weighted by atomic mass is 35.5. The molecule has 0 amide bonds. The number of aliphatic hydroxyl groups is 1. The van der Waals surface area contributed by atoms with Gasteiger partial charge in [0.05, 0.1) is 16.0 Å². The van der Waals surface area contributed by atoms with Crippen molar-refractivity contribution in [2.24, 2.45) is 0 Å². The number of ether oxygens (including phenoxy) is 1. The topological polar surface area (TPSA) is 72.6 Å². The number of halogens is 2. The average molecular weight is 328 g/mol. The van der Waals surface area contributed by atoms with Gasteiger partial charge in [-0.3, -0.25) is 10.1 Å². The number of aliphatic hydroxyl groups excluding tert-OH is 1. The lowest BCUT2D eigenvalue weighted by atomic mass is 10.1. The van der Waals surface area contributed by atoms with Crippen molar-refractivity contribution in [3.63, 3.8) is 0 Å². The minimum Gasteiger partial charge on any atom is -0.456 e. The molecule has 110 valence electrons. The minimum absolute atomic E-state index is 0.0192. The Hall–Kier alpha value is -1.82. The van der Waals surface area contributed by atoms with E-state index in [1.165, 1.54) is 18.2 Å². The van der Waals surface area contributed by atoms with Crippen LogP contribution in [0.25, 0.3) is 0 Å². The Labute approximate surface area is 130 Å². The average Bonchev–Trinajstić information content (AvgIpc) is 2.40. The SMILES string of the molecule is C[C@H](O)c1ccc(Oc2ccc([N+](=O)[O-])c(Cl)c2)c(Cl)c1. The molecule has 0 aliphatic carbocycles. The first-order valence-corrected chi connectivity index (χ1v) is 6.73. The first kappa shape index (κ1) is 15.6. The van der Waals surface area contributed by atoms with Crippen LogP contribution in [-0.2, 0) is 0 Å². The molecule has 2 aromatic rings. The fourth-order valence-electron chi connectivity index (χ4n) is 1.69. The molecule has 0 aliphatic heterocycles. The molecule has 0 heterocycles. The molecular formula is C14H11Cl2NO4. The third-order valence-corrected chi connectivity index (χ3v) is 3.38. The lowest BCUT2D eigenvalue weighted by Crippen LogP contribution is -1.93. The van der Waals surface area contributed by atoms with Crippen LogP contribution in [0.4, 0.5) is 5.69 Å². The summed E-state index contributed by atoms with van der Waals surface area (Å²) in [6, 6.07) is 8.92. The quantitative estimate of drug-likeness (QED) is 0.649. The molecule has 0 saturated heterocycles. The zero-order valence-electron chi connectivity index (χ0n) is 10.9. The third kappa shape index (κ3) is 3.64. The van der Waals surface area contributed by atoms with Gasteiger partial charge in [0.15, 0.2) is 0 Å². The fourth-order valence-corrected chi connectivity index (χ4v) is 2.15. The Balaban J connectivity index is 2.26. The van der Waals surface area contributed by atoms with Gasteiger partial charge in [-0.2, -0.15) is 0 Å². The summed E-state index contributed by atoms with van der Waals surface area (Å²) in [6.07, 6.45) is -0.634. The molecule has 1 N–H and O–H groups in total. The van der Waals surface area contributed by atoms with E-state index in [1.807, 2.05) is 0 Å². The van der Waals surface area contributed by atoms with E-state index in [4.69, 9.17) is 27.9 Å². The van der Waals surface area contributed by atoms with Crippen molar-refractivity contribution < 1.29 is 14.8 Å². The van der Waals surface area contributed by atoms with E-state index in [0.29, 0.717) is 22.1 Å². The molecule has 0 fully saturated rings. The van der Waals surface area contributed by atoms with Crippen LogP contribution < -0.4 is 4.74 Å². The molecule has 2 rings (SSSR count). The molecule has 0 unspecified atom stereocenters. The van der Waals surface area contributed by atoms with E-state index in [-0.39, 0.29) is 10.7 Å². The van der Waals surface area contributed by atoms with Gasteiger partial charge in [-0.1, -0.05) is 29.3 Å². The van der Waals surface area contributed by atoms with E-state index < -0.39 is 11.0 Å². The lowest BCUT2D eigenvalue weighted by Gasteiger charge is -2.10.